The fraction of sp³-hybridized carbons (Fsp3) is 0.208. The minimum atomic E-state index is -0.950. The third-order valence-electron chi connectivity index (χ3n) is 4.75. The molecule has 31 heavy (non-hydrogen) atoms. The summed E-state index contributed by atoms with van der Waals surface area (Å²) in [6.45, 7) is 5.33. The van der Waals surface area contributed by atoms with E-state index in [1.54, 1.807) is 37.5 Å². The minimum Gasteiger partial charge on any atom is -0.497 e. The maximum absolute atomic E-state index is 12.3. The fourth-order valence-electron chi connectivity index (χ4n) is 3.05. The molecular weight excluding hydrogens is 394 g/mol. The molecule has 1 amide bonds. The number of anilines is 1. The normalized spacial score (nSPS) is 11.9. The van der Waals surface area contributed by atoms with Gasteiger partial charge >= 0.3 is 5.97 Å². The number of methoxy groups -OCH3 is 1. The lowest BCUT2D eigenvalue weighted by atomic mass is 10.2. The van der Waals surface area contributed by atoms with E-state index in [2.05, 4.69) is 10.4 Å². The molecule has 0 saturated carbocycles. The van der Waals surface area contributed by atoms with Crippen molar-refractivity contribution >= 4 is 23.6 Å². The first-order valence-electron chi connectivity index (χ1n) is 9.84. The van der Waals surface area contributed by atoms with E-state index in [0.717, 1.165) is 22.6 Å². The molecule has 1 heterocycles. The Morgan fingerprint density at radius 1 is 1.06 bits per heavy atom. The largest absolute Gasteiger partial charge is 0.497 e. The van der Waals surface area contributed by atoms with Gasteiger partial charge in [0.05, 0.1) is 18.5 Å². The summed E-state index contributed by atoms with van der Waals surface area (Å²) in [7, 11) is 1.57. The van der Waals surface area contributed by atoms with E-state index in [9.17, 15) is 9.59 Å². The van der Waals surface area contributed by atoms with Crippen LogP contribution in [0.5, 0.6) is 5.75 Å². The van der Waals surface area contributed by atoms with Crippen LogP contribution in [0.3, 0.4) is 0 Å². The Morgan fingerprint density at radius 3 is 2.39 bits per heavy atom. The number of aryl methyl sites for hydroxylation is 1. The predicted octanol–water partition coefficient (Wildman–Crippen LogP) is 4.08. The van der Waals surface area contributed by atoms with E-state index in [0.29, 0.717) is 11.4 Å². The van der Waals surface area contributed by atoms with Crippen molar-refractivity contribution in [1.82, 2.24) is 9.78 Å². The van der Waals surface area contributed by atoms with Crippen LogP contribution < -0.4 is 10.1 Å². The van der Waals surface area contributed by atoms with Gasteiger partial charge in [0.15, 0.2) is 6.10 Å². The molecule has 1 aromatic heterocycles. The first kappa shape index (κ1) is 21.8. The zero-order valence-corrected chi connectivity index (χ0v) is 18.0. The van der Waals surface area contributed by atoms with E-state index >= 15 is 0 Å². The lowest BCUT2D eigenvalue weighted by molar-refractivity contribution is -0.148. The Bertz CT molecular complexity index is 1090. The molecule has 0 aliphatic heterocycles. The van der Waals surface area contributed by atoms with Crippen molar-refractivity contribution in [3.8, 4) is 11.4 Å². The highest BCUT2D eigenvalue weighted by molar-refractivity contribution is 5.96. The van der Waals surface area contributed by atoms with Crippen LogP contribution >= 0.6 is 0 Å². The monoisotopic (exact) mass is 419 g/mol. The lowest BCUT2D eigenvalue weighted by Crippen LogP contribution is -2.29. The first-order chi connectivity index (χ1) is 14.9. The van der Waals surface area contributed by atoms with Gasteiger partial charge in [-0.15, -0.1) is 0 Å². The van der Waals surface area contributed by atoms with E-state index in [1.165, 1.54) is 13.0 Å². The van der Waals surface area contributed by atoms with Gasteiger partial charge in [-0.1, -0.05) is 18.2 Å². The lowest BCUT2D eigenvalue weighted by Gasteiger charge is -2.12. The highest BCUT2D eigenvalue weighted by atomic mass is 16.5. The van der Waals surface area contributed by atoms with Crippen molar-refractivity contribution in [3.05, 3.63) is 77.6 Å². The number of carbonyl (C=O) groups excluding carboxylic acids is 2. The van der Waals surface area contributed by atoms with Crippen LogP contribution in [0.15, 0.2) is 60.7 Å². The van der Waals surface area contributed by atoms with Crippen molar-refractivity contribution in [2.24, 2.45) is 0 Å². The Balaban J connectivity index is 1.62. The Morgan fingerprint density at radius 2 is 1.74 bits per heavy atom. The van der Waals surface area contributed by atoms with Crippen molar-refractivity contribution in [2.45, 2.75) is 26.9 Å². The van der Waals surface area contributed by atoms with Gasteiger partial charge in [-0.05, 0) is 63.2 Å². The summed E-state index contributed by atoms with van der Waals surface area (Å²) in [5.41, 5.74) is 4.04. The molecule has 0 spiro atoms. The van der Waals surface area contributed by atoms with Crippen LogP contribution in [-0.2, 0) is 14.3 Å². The Labute approximate surface area is 181 Å². The smallest absolute Gasteiger partial charge is 0.331 e. The van der Waals surface area contributed by atoms with Crippen LogP contribution in [0.25, 0.3) is 11.8 Å². The molecular formula is C24H25N3O4. The number of hydrogen-bond donors (Lipinski definition) is 1. The standard InChI is InChI=1S/C24H25N3O4/c1-16-22(17(2)27(26-16)20-8-6-5-7-9-20)14-15-23(28)31-18(3)24(29)25-19-10-12-21(30-4)13-11-19/h5-15,18H,1-4H3,(H,25,29)/b15-14+/t18-/m0/s1. The molecule has 3 rings (SSSR count). The maximum atomic E-state index is 12.3. The molecule has 0 fully saturated rings. The Hall–Kier alpha value is -3.87. The van der Waals surface area contributed by atoms with Gasteiger partial charge in [0, 0.05) is 23.0 Å². The van der Waals surface area contributed by atoms with E-state index in [1.807, 2.05) is 48.9 Å². The maximum Gasteiger partial charge on any atom is 0.331 e. The minimum absolute atomic E-state index is 0.420. The number of aromatic nitrogens is 2. The third-order valence-corrected chi connectivity index (χ3v) is 4.75. The molecule has 3 aromatic rings. The number of amides is 1. The second kappa shape index (κ2) is 9.75. The van der Waals surface area contributed by atoms with Gasteiger partial charge in [-0.25, -0.2) is 9.48 Å². The molecule has 1 atom stereocenters. The second-order valence-corrected chi connectivity index (χ2v) is 6.96. The molecule has 0 bridgehead atoms. The summed E-state index contributed by atoms with van der Waals surface area (Å²) in [4.78, 5) is 24.5. The van der Waals surface area contributed by atoms with E-state index in [-0.39, 0.29) is 0 Å². The summed E-state index contributed by atoms with van der Waals surface area (Å²) < 4.78 is 12.1. The van der Waals surface area contributed by atoms with E-state index < -0.39 is 18.0 Å². The molecule has 0 aliphatic carbocycles. The van der Waals surface area contributed by atoms with Crippen molar-refractivity contribution < 1.29 is 19.1 Å². The fourth-order valence-corrected chi connectivity index (χ4v) is 3.05. The number of carbonyl (C=O) groups is 2. The molecule has 0 saturated heterocycles. The summed E-state index contributed by atoms with van der Waals surface area (Å²) in [6, 6.07) is 16.6. The molecule has 0 aliphatic rings. The highest BCUT2D eigenvalue weighted by Crippen LogP contribution is 2.19. The predicted molar refractivity (Wildman–Crippen MR) is 119 cm³/mol. The molecule has 2 aromatic carbocycles. The SMILES string of the molecule is COc1ccc(NC(=O)[C@H](C)OC(=O)/C=C/c2c(C)nn(-c3ccccc3)c2C)cc1. The number of nitrogens with one attached hydrogen (secondary N) is 1. The van der Waals surface area contributed by atoms with Gasteiger partial charge < -0.3 is 14.8 Å². The van der Waals surface area contributed by atoms with E-state index in [4.69, 9.17) is 9.47 Å². The number of para-hydroxylation sites is 1. The zero-order valence-electron chi connectivity index (χ0n) is 18.0. The highest BCUT2D eigenvalue weighted by Gasteiger charge is 2.17. The summed E-state index contributed by atoms with van der Waals surface area (Å²) in [5, 5.41) is 7.25. The van der Waals surface area contributed by atoms with Crippen LogP contribution in [0.1, 0.15) is 23.9 Å². The van der Waals surface area contributed by atoms with Crippen LogP contribution in [-0.4, -0.2) is 34.9 Å². The van der Waals surface area contributed by atoms with Gasteiger partial charge in [0.2, 0.25) is 0 Å². The molecule has 7 nitrogen and oxygen atoms in total. The van der Waals surface area contributed by atoms with Crippen molar-refractivity contribution in [2.75, 3.05) is 12.4 Å². The molecule has 1 N–H and O–H groups in total. The van der Waals surface area contributed by atoms with Gasteiger partial charge in [-0.3, -0.25) is 4.79 Å². The second-order valence-electron chi connectivity index (χ2n) is 6.96. The van der Waals surface area contributed by atoms with Crippen LogP contribution in [0, 0.1) is 13.8 Å². The molecule has 7 heteroatoms. The molecule has 0 unspecified atom stereocenters. The topological polar surface area (TPSA) is 82.4 Å². The molecule has 0 radical (unpaired) electrons. The van der Waals surface area contributed by atoms with Gasteiger partial charge in [0.1, 0.15) is 5.75 Å². The van der Waals surface area contributed by atoms with Crippen LogP contribution in [0.2, 0.25) is 0 Å². The van der Waals surface area contributed by atoms with Crippen LogP contribution in [0.4, 0.5) is 5.69 Å². The average Bonchev–Trinajstić information content (AvgIpc) is 3.06. The first-order valence-corrected chi connectivity index (χ1v) is 9.84. The molecule has 160 valence electrons. The average molecular weight is 419 g/mol. The number of rotatable bonds is 7. The third kappa shape index (κ3) is 5.39. The van der Waals surface area contributed by atoms with Gasteiger partial charge in [-0.2, -0.15) is 5.10 Å². The summed E-state index contributed by atoms with van der Waals surface area (Å²) in [5.74, 6) is -0.344. The quantitative estimate of drug-likeness (QED) is 0.461. The number of benzene rings is 2. The van der Waals surface area contributed by atoms with Gasteiger partial charge in [0.25, 0.3) is 5.91 Å². The van der Waals surface area contributed by atoms with Crippen molar-refractivity contribution in [3.63, 3.8) is 0 Å². The number of esters is 1. The van der Waals surface area contributed by atoms with Crippen molar-refractivity contribution in [1.29, 1.82) is 0 Å². The number of hydrogen-bond acceptors (Lipinski definition) is 5. The number of nitrogens with zero attached hydrogens (tertiary/aromatic N) is 2. The summed E-state index contributed by atoms with van der Waals surface area (Å²) >= 11 is 0. The number of ether oxygens (including phenoxy) is 2. The zero-order chi connectivity index (χ0) is 22.4. The Kier molecular flexibility index (Phi) is 6.87. The summed E-state index contributed by atoms with van der Waals surface area (Å²) in [6.07, 6.45) is 2.02.